The Morgan fingerprint density at radius 1 is 0.873 bits per heavy atom. The first-order valence-electron chi connectivity index (χ1n) is 19.3. The fraction of sp³-hybridized carbons (Fsp3) is 0.487. The van der Waals surface area contributed by atoms with Gasteiger partial charge in [0.1, 0.15) is 18.0 Å². The molecule has 2 aromatic carbocycles. The van der Waals surface area contributed by atoms with Gasteiger partial charge in [-0.15, -0.1) is 10.2 Å². The molecule has 7 heterocycles. The van der Waals surface area contributed by atoms with E-state index in [1.165, 1.54) is 4.90 Å². The number of aromatic nitrogens is 2. The minimum Gasteiger partial charge on any atom is -0.507 e. The van der Waals surface area contributed by atoms with E-state index in [9.17, 15) is 24.3 Å². The summed E-state index contributed by atoms with van der Waals surface area (Å²) >= 11 is 0. The van der Waals surface area contributed by atoms with Crippen LogP contribution in [0.5, 0.6) is 5.75 Å². The molecule has 6 aliphatic heterocycles. The van der Waals surface area contributed by atoms with Crippen LogP contribution >= 0.6 is 0 Å². The van der Waals surface area contributed by atoms with Crippen molar-refractivity contribution in [3.63, 3.8) is 0 Å². The summed E-state index contributed by atoms with van der Waals surface area (Å²) in [5, 5.41) is 24.8. The molecule has 0 spiro atoms. The molecule has 288 valence electrons. The number of benzene rings is 2. The summed E-state index contributed by atoms with van der Waals surface area (Å²) in [5.74, 6) is -0.255. The molecule has 5 amide bonds. The number of anilines is 3. The number of rotatable bonds is 5. The topological polar surface area (TPSA) is 158 Å². The molecule has 6 aliphatic rings. The van der Waals surface area contributed by atoms with Crippen molar-refractivity contribution >= 4 is 40.9 Å². The average Bonchev–Trinajstić information content (AvgIpc) is 3.53. The number of para-hydroxylation sites is 1. The Kier molecular flexibility index (Phi) is 9.15. The van der Waals surface area contributed by atoms with E-state index >= 15 is 4.39 Å². The van der Waals surface area contributed by atoms with Crippen molar-refractivity contribution in [2.45, 2.75) is 44.1 Å². The second kappa shape index (κ2) is 14.3. The molecule has 0 saturated carbocycles. The number of fused-ring (bicyclic) bond motifs is 4. The van der Waals surface area contributed by atoms with Crippen LogP contribution in [-0.4, -0.2) is 149 Å². The number of phenols is 1. The number of piperazine rings is 2. The number of piperidine rings is 2. The lowest BCUT2D eigenvalue weighted by atomic mass is 9.93. The lowest BCUT2D eigenvalue weighted by molar-refractivity contribution is -0.136. The SMILES string of the molecule is O=C1CCC(N2Cc3ccc(N4CC[C@H](CN5CCN(C(=O)N6CCN7c8cc(-c9ccccc9O)nnc8NC[C@H]7C6)CC5)[C@@H](F)C4)cc3C2=O)C(=O)N1. The number of urea groups is 1. The minimum absolute atomic E-state index is 0.0394. The summed E-state index contributed by atoms with van der Waals surface area (Å²) in [6.07, 6.45) is 0.156. The number of carbonyl (C=O) groups excluding carboxylic acids is 4. The van der Waals surface area contributed by atoms with Crippen LogP contribution in [0.3, 0.4) is 0 Å². The van der Waals surface area contributed by atoms with E-state index in [2.05, 4.69) is 30.6 Å². The zero-order valence-electron chi connectivity index (χ0n) is 30.6. The van der Waals surface area contributed by atoms with Gasteiger partial charge in [0.15, 0.2) is 5.82 Å². The molecule has 1 unspecified atom stereocenters. The Morgan fingerprint density at radius 2 is 1.69 bits per heavy atom. The van der Waals surface area contributed by atoms with Crippen LogP contribution in [0.25, 0.3) is 11.3 Å². The Balaban J connectivity index is 0.752. The molecule has 16 heteroatoms. The first-order chi connectivity index (χ1) is 26.7. The van der Waals surface area contributed by atoms with Crippen molar-refractivity contribution in [3.05, 3.63) is 59.7 Å². The van der Waals surface area contributed by atoms with Crippen LogP contribution in [0.1, 0.15) is 35.2 Å². The lowest BCUT2D eigenvalue weighted by Gasteiger charge is -2.47. The number of aromatic hydroxyl groups is 1. The van der Waals surface area contributed by atoms with E-state index < -0.39 is 18.1 Å². The highest BCUT2D eigenvalue weighted by Crippen LogP contribution is 2.37. The monoisotopic (exact) mass is 752 g/mol. The van der Waals surface area contributed by atoms with Crippen molar-refractivity contribution in [3.8, 4) is 17.0 Å². The average molecular weight is 753 g/mol. The first kappa shape index (κ1) is 35.2. The van der Waals surface area contributed by atoms with Crippen molar-refractivity contribution in [2.75, 3.05) is 87.1 Å². The standard InChI is InChI=1S/C39H45FN10O5/c40-30-23-47(26-6-5-24-21-50(38(54)29(24)17-26)32-7-8-35(52)42-37(32)53)10-9-25(30)20-45-11-13-46(14-12-45)39(55)48-15-16-49-27(22-48)19-41-36-33(49)18-31(43-44-36)28-3-1-2-4-34(28)51/h1-6,17-18,25,27,30,32,51H,7-16,19-23H2,(H,41,44)(H,42,52,53)/t25-,27+,30+,32?/m1/s1. The van der Waals surface area contributed by atoms with Gasteiger partial charge in [0.2, 0.25) is 11.8 Å². The molecular formula is C39H45FN10O5. The van der Waals surface area contributed by atoms with Crippen LogP contribution in [0.15, 0.2) is 48.5 Å². The molecule has 0 aliphatic carbocycles. The molecule has 0 radical (unpaired) electrons. The van der Waals surface area contributed by atoms with E-state index in [-0.39, 0.29) is 48.5 Å². The van der Waals surface area contributed by atoms with Crippen molar-refractivity contribution < 1.29 is 28.7 Å². The van der Waals surface area contributed by atoms with E-state index in [0.29, 0.717) is 107 Å². The van der Waals surface area contributed by atoms with Gasteiger partial charge in [0, 0.05) is 108 Å². The van der Waals surface area contributed by atoms with Crippen LogP contribution in [0.4, 0.5) is 26.4 Å². The number of imide groups is 1. The second-order valence-electron chi connectivity index (χ2n) is 15.5. The van der Waals surface area contributed by atoms with Gasteiger partial charge in [-0.2, -0.15) is 0 Å². The molecule has 4 atom stereocenters. The van der Waals surface area contributed by atoms with Crippen LogP contribution in [0, 0.1) is 5.92 Å². The summed E-state index contributed by atoms with van der Waals surface area (Å²) in [6, 6.07) is 14.1. The van der Waals surface area contributed by atoms with Crippen molar-refractivity contribution in [1.29, 1.82) is 0 Å². The Morgan fingerprint density at radius 3 is 2.49 bits per heavy atom. The Hall–Kier alpha value is -5.51. The molecular weight excluding hydrogens is 707 g/mol. The van der Waals surface area contributed by atoms with E-state index in [1.54, 1.807) is 12.1 Å². The maximum absolute atomic E-state index is 15.8. The van der Waals surface area contributed by atoms with Gasteiger partial charge in [-0.25, -0.2) is 9.18 Å². The third kappa shape index (κ3) is 6.66. The first-order valence-corrected chi connectivity index (χ1v) is 19.3. The quantitative estimate of drug-likeness (QED) is 0.328. The van der Waals surface area contributed by atoms with E-state index in [4.69, 9.17) is 0 Å². The Labute approximate surface area is 318 Å². The predicted molar refractivity (Wildman–Crippen MR) is 201 cm³/mol. The molecule has 1 aromatic heterocycles. The number of phenolic OH excluding ortho intramolecular Hbond substituents is 1. The number of halogens is 1. The summed E-state index contributed by atoms with van der Waals surface area (Å²) in [7, 11) is 0. The molecule has 3 N–H and O–H groups in total. The lowest BCUT2D eigenvalue weighted by Crippen LogP contribution is -2.62. The van der Waals surface area contributed by atoms with Crippen LogP contribution < -0.4 is 20.4 Å². The van der Waals surface area contributed by atoms with Gasteiger partial charge in [-0.3, -0.25) is 24.6 Å². The number of alkyl halides is 1. The summed E-state index contributed by atoms with van der Waals surface area (Å²) in [6.45, 7) is 6.92. The van der Waals surface area contributed by atoms with Gasteiger partial charge < -0.3 is 34.9 Å². The number of amides is 5. The van der Waals surface area contributed by atoms with Crippen molar-refractivity contribution in [1.82, 2.24) is 35.1 Å². The zero-order chi connectivity index (χ0) is 37.8. The molecule has 4 saturated heterocycles. The minimum atomic E-state index is -1.04. The van der Waals surface area contributed by atoms with Gasteiger partial charge in [-0.05, 0) is 48.7 Å². The van der Waals surface area contributed by atoms with Gasteiger partial charge in [0.05, 0.1) is 17.4 Å². The molecule has 55 heavy (non-hydrogen) atoms. The third-order valence-electron chi connectivity index (χ3n) is 12.2. The third-order valence-corrected chi connectivity index (χ3v) is 12.2. The van der Waals surface area contributed by atoms with Gasteiger partial charge in [-0.1, -0.05) is 18.2 Å². The molecule has 0 bridgehead atoms. The molecule has 4 fully saturated rings. The summed E-state index contributed by atoms with van der Waals surface area (Å²) in [4.78, 5) is 63.0. The predicted octanol–water partition coefficient (Wildman–Crippen LogP) is 2.13. The maximum atomic E-state index is 15.8. The van der Waals surface area contributed by atoms with Gasteiger partial charge in [0.25, 0.3) is 5.91 Å². The highest BCUT2D eigenvalue weighted by atomic mass is 19.1. The zero-order valence-corrected chi connectivity index (χ0v) is 30.6. The number of carbonyl (C=O) groups is 4. The molecule has 3 aromatic rings. The van der Waals surface area contributed by atoms with Crippen LogP contribution in [-0.2, 0) is 16.1 Å². The van der Waals surface area contributed by atoms with E-state index in [1.807, 2.05) is 51.1 Å². The van der Waals surface area contributed by atoms with Crippen molar-refractivity contribution in [2.24, 2.45) is 5.92 Å². The fourth-order valence-corrected chi connectivity index (χ4v) is 9.07. The number of nitrogens with one attached hydrogen (secondary N) is 2. The summed E-state index contributed by atoms with van der Waals surface area (Å²) in [5.41, 5.74) is 4.30. The highest BCUT2D eigenvalue weighted by Gasteiger charge is 2.41. The number of hydrogen-bond acceptors (Lipinski definition) is 11. The Bertz CT molecular complexity index is 2030. The van der Waals surface area contributed by atoms with Crippen LogP contribution in [0.2, 0.25) is 0 Å². The smallest absolute Gasteiger partial charge is 0.320 e. The largest absolute Gasteiger partial charge is 0.507 e. The second-order valence-corrected chi connectivity index (χ2v) is 15.5. The van der Waals surface area contributed by atoms with Gasteiger partial charge >= 0.3 is 6.03 Å². The number of hydrogen-bond donors (Lipinski definition) is 3. The molecule has 9 rings (SSSR count). The fourth-order valence-electron chi connectivity index (χ4n) is 9.07. The highest BCUT2D eigenvalue weighted by molar-refractivity contribution is 6.05. The maximum Gasteiger partial charge on any atom is 0.320 e. The normalized spacial score (nSPS) is 25.6. The summed E-state index contributed by atoms with van der Waals surface area (Å²) < 4.78 is 15.8. The number of nitrogens with zero attached hydrogens (tertiary/aromatic N) is 8. The molecule has 15 nitrogen and oxygen atoms in total. The van der Waals surface area contributed by atoms with E-state index in [0.717, 1.165) is 16.9 Å².